The van der Waals surface area contributed by atoms with Crippen LogP contribution < -0.4 is 4.74 Å². The predicted octanol–water partition coefficient (Wildman–Crippen LogP) is 4.47. The van der Waals surface area contributed by atoms with Crippen LogP contribution in [0.1, 0.15) is 6.92 Å². The molecular weight excluding hydrogens is 248 g/mol. The number of fused-ring (bicyclic) bond motifs is 1. The van der Waals surface area contributed by atoms with Gasteiger partial charge in [0.15, 0.2) is 0 Å². The van der Waals surface area contributed by atoms with Gasteiger partial charge in [0, 0.05) is 6.92 Å². The molecule has 0 spiro atoms. The fourth-order valence-corrected chi connectivity index (χ4v) is 1.47. The number of ether oxygens (including phenoxy) is 1. The molecular formula is C13H10F4O. The van der Waals surface area contributed by atoms with Crippen molar-refractivity contribution < 1.29 is 22.3 Å². The highest BCUT2D eigenvalue weighted by molar-refractivity contribution is 5.83. The van der Waals surface area contributed by atoms with Crippen molar-refractivity contribution >= 4 is 10.8 Å². The molecule has 0 saturated heterocycles. The fraction of sp³-hybridized carbons (Fsp3) is 0.231. The minimum absolute atomic E-state index is 0.119. The van der Waals surface area contributed by atoms with Crippen LogP contribution in [-0.4, -0.2) is 12.0 Å². The Kier molecular flexibility index (Phi) is 2.92. The Morgan fingerprint density at radius 3 is 2.11 bits per heavy atom. The molecule has 0 saturated carbocycles. The highest BCUT2D eigenvalue weighted by Gasteiger charge is 2.55. The molecule has 0 heterocycles. The van der Waals surface area contributed by atoms with Gasteiger partial charge in [-0.1, -0.05) is 30.3 Å². The summed E-state index contributed by atoms with van der Waals surface area (Å²) in [4.78, 5) is 0. The maximum atomic E-state index is 13.0. The molecule has 0 N–H and O–H groups in total. The number of hydrogen-bond donors (Lipinski definition) is 0. The average Bonchev–Trinajstić information content (AvgIpc) is 2.27. The first-order valence-electron chi connectivity index (χ1n) is 5.23. The highest BCUT2D eigenvalue weighted by atomic mass is 19.3. The van der Waals surface area contributed by atoms with Crippen molar-refractivity contribution in [3.05, 3.63) is 42.5 Å². The monoisotopic (exact) mass is 258 g/mol. The number of halogens is 4. The molecule has 0 aromatic heterocycles. The molecule has 0 aliphatic rings. The lowest BCUT2D eigenvalue weighted by atomic mass is 10.1. The van der Waals surface area contributed by atoms with Crippen molar-refractivity contribution in [3.8, 4) is 5.75 Å². The Hall–Kier alpha value is -1.78. The predicted molar refractivity (Wildman–Crippen MR) is 60.1 cm³/mol. The van der Waals surface area contributed by atoms with Crippen molar-refractivity contribution in [2.45, 2.75) is 19.0 Å². The zero-order valence-electron chi connectivity index (χ0n) is 9.46. The zero-order valence-corrected chi connectivity index (χ0v) is 9.46. The van der Waals surface area contributed by atoms with Crippen molar-refractivity contribution in [3.63, 3.8) is 0 Å². The molecule has 2 aromatic carbocycles. The minimum atomic E-state index is -4.53. The van der Waals surface area contributed by atoms with E-state index in [1.807, 2.05) is 0 Å². The normalized spacial score (nSPS) is 12.7. The maximum Gasteiger partial charge on any atom is 0.463 e. The van der Waals surface area contributed by atoms with E-state index in [0.29, 0.717) is 5.39 Å². The zero-order chi connectivity index (χ0) is 13.4. The van der Waals surface area contributed by atoms with E-state index in [0.717, 1.165) is 5.39 Å². The van der Waals surface area contributed by atoms with Crippen molar-refractivity contribution in [1.29, 1.82) is 0 Å². The second-order valence-corrected chi connectivity index (χ2v) is 4.02. The fourth-order valence-electron chi connectivity index (χ4n) is 1.47. The summed E-state index contributed by atoms with van der Waals surface area (Å²) < 4.78 is 55.4. The van der Waals surface area contributed by atoms with Gasteiger partial charge in [-0.05, 0) is 22.9 Å². The Morgan fingerprint density at radius 1 is 0.889 bits per heavy atom. The van der Waals surface area contributed by atoms with Crippen LogP contribution in [0.4, 0.5) is 17.6 Å². The first-order valence-corrected chi connectivity index (χ1v) is 5.23. The van der Waals surface area contributed by atoms with E-state index < -0.39 is 12.0 Å². The van der Waals surface area contributed by atoms with Crippen molar-refractivity contribution in [2.75, 3.05) is 0 Å². The van der Waals surface area contributed by atoms with Crippen LogP contribution >= 0.6 is 0 Å². The van der Waals surface area contributed by atoms with E-state index in [1.54, 1.807) is 24.3 Å². The SMILES string of the molecule is CC(F)(F)C(F)(F)Oc1ccc2ccccc2c1. The van der Waals surface area contributed by atoms with Crippen molar-refractivity contribution in [1.82, 2.24) is 0 Å². The molecule has 0 atom stereocenters. The van der Waals surface area contributed by atoms with E-state index in [9.17, 15) is 17.6 Å². The second-order valence-electron chi connectivity index (χ2n) is 4.02. The smallest absolute Gasteiger partial charge is 0.428 e. The van der Waals surface area contributed by atoms with Gasteiger partial charge in [-0.15, -0.1) is 0 Å². The van der Waals surface area contributed by atoms with Crippen LogP contribution in [0.15, 0.2) is 42.5 Å². The van der Waals surface area contributed by atoms with Gasteiger partial charge >= 0.3 is 12.0 Å². The Bertz CT molecular complexity index is 560. The Morgan fingerprint density at radius 2 is 1.50 bits per heavy atom. The Labute approximate surface area is 101 Å². The minimum Gasteiger partial charge on any atom is -0.428 e. The molecule has 0 aliphatic heterocycles. The van der Waals surface area contributed by atoms with Crippen molar-refractivity contribution in [2.24, 2.45) is 0 Å². The number of benzene rings is 2. The standard InChI is InChI=1S/C13H10F4O/c1-12(14,15)13(16,17)18-11-7-6-9-4-2-3-5-10(9)8-11/h2-8H,1H3. The summed E-state index contributed by atoms with van der Waals surface area (Å²) in [7, 11) is 0. The third-order valence-electron chi connectivity index (χ3n) is 2.48. The summed E-state index contributed by atoms with van der Waals surface area (Å²) in [5.74, 6) is -4.53. The summed E-state index contributed by atoms with van der Waals surface area (Å²) in [6, 6.07) is 11.1. The maximum absolute atomic E-state index is 13.0. The van der Waals surface area contributed by atoms with Gasteiger partial charge in [0.1, 0.15) is 5.75 Å². The summed E-state index contributed by atoms with van der Waals surface area (Å²) in [6.07, 6.45) is -4.53. The number of alkyl halides is 4. The number of rotatable bonds is 3. The van der Waals surface area contributed by atoms with Crippen LogP contribution in [0.5, 0.6) is 5.75 Å². The number of hydrogen-bond acceptors (Lipinski definition) is 1. The van der Waals surface area contributed by atoms with E-state index in [2.05, 4.69) is 4.74 Å². The van der Waals surface area contributed by atoms with Gasteiger partial charge in [-0.25, -0.2) is 0 Å². The molecule has 1 nitrogen and oxygen atoms in total. The molecule has 0 radical (unpaired) electrons. The summed E-state index contributed by atoms with van der Waals surface area (Å²) in [5.41, 5.74) is 0. The lowest BCUT2D eigenvalue weighted by molar-refractivity contribution is -0.301. The van der Waals surface area contributed by atoms with E-state index in [4.69, 9.17) is 0 Å². The highest BCUT2D eigenvalue weighted by Crippen LogP contribution is 2.36. The molecule has 0 bridgehead atoms. The lowest BCUT2D eigenvalue weighted by Crippen LogP contribution is -2.42. The van der Waals surface area contributed by atoms with E-state index >= 15 is 0 Å². The molecule has 0 fully saturated rings. The lowest BCUT2D eigenvalue weighted by Gasteiger charge is -2.23. The molecule has 0 amide bonds. The van der Waals surface area contributed by atoms with Crippen LogP contribution in [0.2, 0.25) is 0 Å². The van der Waals surface area contributed by atoms with Crippen LogP contribution in [0.3, 0.4) is 0 Å². The van der Waals surface area contributed by atoms with Crippen LogP contribution in [0.25, 0.3) is 10.8 Å². The van der Waals surface area contributed by atoms with Gasteiger partial charge < -0.3 is 4.74 Å². The summed E-state index contributed by atoms with van der Waals surface area (Å²) in [5, 5.41) is 1.46. The van der Waals surface area contributed by atoms with E-state index in [1.165, 1.54) is 18.2 Å². The first-order chi connectivity index (χ1) is 8.29. The van der Waals surface area contributed by atoms with Crippen LogP contribution in [-0.2, 0) is 0 Å². The molecule has 0 unspecified atom stereocenters. The summed E-state index contributed by atoms with van der Waals surface area (Å²) >= 11 is 0. The average molecular weight is 258 g/mol. The van der Waals surface area contributed by atoms with Gasteiger partial charge in [0.05, 0.1) is 0 Å². The quantitative estimate of drug-likeness (QED) is 0.738. The third-order valence-corrected chi connectivity index (χ3v) is 2.48. The molecule has 2 rings (SSSR count). The molecule has 5 heteroatoms. The van der Waals surface area contributed by atoms with E-state index in [-0.39, 0.29) is 12.7 Å². The van der Waals surface area contributed by atoms with Gasteiger partial charge in [0.2, 0.25) is 0 Å². The molecule has 0 aliphatic carbocycles. The van der Waals surface area contributed by atoms with Gasteiger partial charge in [-0.2, -0.15) is 17.6 Å². The molecule has 2 aromatic rings. The second kappa shape index (κ2) is 4.15. The molecule has 96 valence electrons. The summed E-state index contributed by atoms with van der Waals surface area (Å²) in [6.45, 7) is 0.119. The van der Waals surface area contributed by atoms with Crippen LogP contribution in [0, 0.1) is 0 Å². The van der Waals surface area contributed by atoms with Gasteiger partial charge in [0.25, 0.3) is 0 Å². The topological polar surface area (TPSA) is 9.23 Å². The van der Waals surface area contributed by atoms with Gasteiger partial charge in [-0.3, -0.25) is 0 Å². The Balaban J connectivity index is 2.33. The largest absolute Gasteiger partial charge is 0.463 e. The first kappa shape index (κ1) is 12.7. The third kappa shape index (κ3) is 2.39. The molecule has 18 heavy (non-hydrogen) atoms.